The lowest BCUT2D eigenvalue weighted by molar-refractivity contribution is 0.561. The summed E-state index contributed by atoms with van der Waals surface area (Å²) in [6.07, 6.45) is 3.51. The van der Waals surface area contributed by atoms with Crippen molar-refractivity contribution in [1.29, 1.82) is 0 Å². The number of rotatable bonds is 5. The lowest BCUT2D eigenvalue weighted by atomic mass is 10.3. The molecule has 0 amide bonds. The minimum atomic E-state index is -3.81. The van der Waals surface area contributed by atoms with E-state index in [0.717, 1.165) is 5.56 Å². The highest BCUT2D eigenvalue weighted by Gasteiger charge is 2.21. The highest BCUT2D eigenvalue weighted by Crippen LogP contribution is 2.31. The molecule has 0 atom stereocenters. The second-order valence-corrected chi connectivity index (χ2v) is 7.01. The van der Waals surface area contributed by atoms with Crippen LogP contribution < -0.4 is 10.5 Å². The van der Waals surface area contributed by atoms with Gasteiger partial charge in [0, 0.05) is 18.4 Å². The molecular formula is C12H14Cl2N4O2S. The third-order valence-electron chi connectivity index (χ3n) is 2.68. The first kappa shape index (κ1) is 16.1. The van der Waals surface area contributed by atoms with Crippen LogP contribution in [0.25, 0.3) is 0 Å². The summed E-state index contributed by atoms with van der Waals surface area (Å²) in [5.41, 5.74) is 6.86. The number of hydrogen-bond acceptors (Lipinski definition) is 4. The van der Waals surface area contributed by atoms with E-state index in [-0.39, 0.29) is 21.5 Å². The average Bonchev–Trinajstić information content (AvgIpc) is 2.72. The molecule has 1 heterocycles. The van der Waals surface area contributed by atoms with Crippen LogP contribution in [0.1, 0.15) is 5.56 Å². The Labute approximate surface area is 132 Å². The third-order valence-corrected chi connectivity index (χ3v) is 5.07. The molecule has 114 valence electrons. The molecule has 0 radical (unpaired) electrons. The van der Waals surface area contributed by atoms with E-state index in [1.165, 1.54) is 12.1 Å². The maximum absolute atomic E-state index is 12.2. The number of aryl methyl sites for hydroxylation is 1. The first-order valence-corrected chi connectivity index (χ1v) is 8.27. The van der Waals surface area contributed by atoms with Crippen molar-refractivity contribution in [3.05, 3.63) is 40.1 Å². The molecule has 1 aromatic carbocycles. The first-order valence-electron chi connectivity index (χ1n) is 6.03. The van der Waals surface area contributed by atoms with Crippen molar-refractivity contribution < 1.29 is 8.42 Å². The van der Waals surface area contributed by atoms with Crippen LogP contribution in [0.2, 0.25) is 10.0 Å². The summed E-state index contributed by atoms with van der Waals surface area (Å²) in [4.78, 5) is -0.170. The zero-order chi connectivity index (χ0) is 15.6. The van der Waals surface area contributed by atoms with Gasteiger partial charge in [-0.1, -0.05) is 23.2 Å². The second-order valence-electron chi connectivity index (χ2n) is 4.49. The first-order chi connectivity index (χ1) is 9.79. The number of benzene rings is 1. The molecule has 6 nitrogen and oxygen atoms in total. The molecule has 3 N–H and O–H groups in total. The van der Waals surface area contributed by atoms with Crippen LogP contribution in [0.5, 0.6) is 0 Å². The van der Waals surface area contributed by atoms with E-state index in [9.17, 15) is 8.42 Å². The third kappa shape index (κ3) is 3.88. The maximum Gasteiger partial charge on any atom is 0.243 e. The number of hydrogen-bond donors (Lipinski definition) is 2. The zero-order valence-electron chi connectivity index (χ0n) is 11.2. The van der Waals surface area contributed by atoms with Gasteiger partial charge in [0.1, 0.15) is 4.90 Å². The van der Waals surface area contributed by atoms with E-state index in [2.05, 4.69) is 9.82 Å². The second kappa shape index (κ2) is 6.23. The molecule has 1 aromatic heterocycles. The fraction of sp³-hybridized carbons (Fsp3) is 0.250. The van der Waals surface area contributed by atoms with Crippen molar-refractivity contribution in [1.82, 2.24) is 14.5 Å². The molecule has 9 heteroatoms. The molecule has 0 aliphatic carbocycles. The van der Waals surface area contributed by atoms with E-state index in [4.69, 9.17) is 28.9 Å². The van der Waals surface area contributed by atoms with Gasteiger partial charge >= 0.3 is 0 Å². The van der Waals surface area contributed by atoms with Gasteiger partial charge in [0.15, 0.2) is 0 Å². The van der Waals surface area contributed by atoms with Gasteiger partial charge in [-0.2, -0.15) is 5.10 Å². The molecule has 2 aromatic rings. The minimum Gasteiger partial charge on any atom is -0.399 e. The molecule has 0 bridgehead atoms. The lowest BCUT2D eigenvalue weighted by Crippen LogP contribution is -2.28. The Hall–Kier alpha value is -1.28. The van der Waals surface area contributed by atoms with Crippen LogP contribution in [-0.4, -0.2) is 24.7 Å². The Morgan fingerprint density at radius 1 is 1.33 bits per heavy atom. The van der Waals surface area contributed by atoms with Crippen molar-refractivity contribution in [3.63, 3.8) is 0 Å². The van der Waals surface area contributed by atoms with Crippen LogP contribution in [0, 0.1) is 6.92 Å². The van der Waals surface area contributed by atoms with Crippen LogP contribution >= 0.6 is 23.2 Å². The fourth-order valence-corrected chi connectivity index (χ4v) is 4.04. The summed E-state index contributed by atoms with van der Waals surface area (Å²) in [6, 6.07) is 2.69. The van der Waals surface area contributed by atoms with Gasteiger partial charge in [0.2, 0.25) is 10.0 Å². The van der Waals surface area contributed by atoms with E-state index < -0.39 is 10.0 Å². The zero-order valence-corrected chi connectivity index (χ0v) is 13.5. The van der Waals surface area contributed by atoms with E-state index >= 15 is 0 Å². The minimum absolute atomic E-state index is 0.0116. The standard InChI is InChI=1S/C12H14Cl2N4O2S/c1-8-6-16-18(7-8)3-2-17-21(19,20)12-10(13)4-9(15)5-11(12)14/h4-7,17H,2-3,15H2,1H3. The number of sulfonamides is 1. The van der Waals surface area contributed by atoms with Gasteiger partial charge in [-0.25, -0.2) is 13.1 Å². The Bertz CT molecular complexity index is 735. The van der Waals surface area contributed by atoms with Crippen molar-refractivity contribution in [2.45, 2.75) is 18.4 Å². The Kier molecular flexibility index (Phi) is 4.77. The van der Waals surface area contributed by atoms with E-state index in [0.29, 0.717) is 12.2 Å². The largest absolute Gasteiger partial charge is 0.399 e. The lowest BCUT2D eigenvalue weighted by Gasteiger charge is -2.11. The summed E-state index contributed by atoms with van der Waals surface area (Å²) in [5.74, 6) is 0. The highest BCUT2D eigenvalue weighted by atomic mass is 35.5. The van der Waals surface area contributed by atoms with Gasteiger partial charge in [-0.3, -0.25) is 4.68 Å². The highest BCUT2D eigenvalue weighted by molar-refractivity contribution is 7.89. The number of nitrogens with one attached hydrogen (secondary N) is 1. The molecule has 21 heavy (non-hydrogen) atoms. The molecule has 0 saturated heterocycles. The average molecular weight is 349 g/mol. The molecule has 2 rings (SSSR count). The van der Waals surface area contributed by atoms with Gasteiger partial charge < -0.3 is 5.73 Å². The summed E-state index contributed by atoms with van der Waals surface area (Å²) >= 11 is 11.8. The van der Waals surface area contributed by atoms with Crippen LogP contribution in [0.4, 0.5) is 5.69 Å². The van der Waals surface area contributed by atoms with Gasteiger partial charge in [0.05, 0.1) is 22.8 Å². The van der Waals surface area contributed by atoms with E-state index in [1.807, 2.05) is 13.1 Å². The summed E-state index contributed by atoms with van der Waals surface area (Å²) in [7, 11) is -3.81. The molecule has 0 aliphatic heterocycles. The van der Waals surface area contributed by atoms with Crippen molar-refractivity contribution in [3.8, 4) is 0 Å². The Morgan fingerprint density at radius 3 is 2.48 bits per heavy atom. The number of nitrogen functional groups attached to an aromatic ring is 1. The fourth-order valence-electron chi connectivity index (χ4n) is 1.79. The van der Waals surface area contributed by atoms with Crippen LogP contribution in [-0.2, 0) is 16.6 Å². The van der Waals surface area contributed by atoms with E-state index in [1.54, 1.807) is 10.9 Å². The smallest absolute Gasteiger partial charge is 0.243 e. The summed E-state index contributed by atoms with van der Waals surface area (Å²) in [5, 5.41) is 4.04. The quantitative estimate of drug-likeness (QED) is 0.809. The molecule has 0 saturated carbocycles. The van der Waals surface area contributed by atoms with Gasteiger partial charge in [-0.05, 0) is 24.6 Å². The topological polar surface area (TPSA) is 90.0 Å². The number of nitrogens with two attached hydrogens (primary N) is 1. The molecule has 0 fully saturated rings. The summed E-state index contributed by atoms with van der Waals surface area (Å²) < 4.78 is 28.5. The van der Waals surface area contributed by atoms with Crippen molar-refractivity contribution >= 4 is 38.9 Å². The summed E-state index contributed by atoms with van der Waals surface area (Å²) in [6.45, 7) is 2.47. The normalized spacial score (nSPS) is 11.8. The van der Waals surface area contributed by atoms with Gasteiger partial charge in [-0.15, -0.1) is 0 Å². The predicted octanol–water partition coefficient (Wildman–Crippen LogP) is 2.06. The number of nitrogens with zero attached hydrogens (tertiary/aromatic N) is 2. The monoisotopic (exact) mass is 348 g/mol. The SMILES string of the molecule is Cc1cnn(CCNS(=O)(=O)c2c(Cl)cc(N)cc2Cl)c1. The van der Waals surface area contributed by atoms with Crippen LogP contribution in [0.15, 0.2) is 29.4 Å². The Morgan fingerprint density at radius 2 is 1.95 bits per heavy atom. The van der Waals surface area contributed by atoms with Crippen molar-refractivity contribution in [2.24, 2.45) is 0 Å². The Balaban J connectivity index is 2.12. The molecule has 0 spiro atoms. The number of halogens is 2. The number of aromatic nitrogens is 2. The number of anilines is 1. The molecule has 0 aliphatic rings. The van der Waals surface area contributed by atoms with Gasteiger partial charge in [0.25, 0.3) is 0 Å². The molecule has 0 unspecified atom stereocenters. The van der Waals surface area contributed by atoms with Crippen LogP contribution in [0.3, 0.4) is 0 Å². The predicted molar refractivity (Wildman–Crippen MR) is 83.0 cm³/mol. The molecular weight excluding hydrogens is 335 g/mol. The van der Waals surface area contributed by atoms with Crippen molar-refractivity contribution in [2.75, 3.05) is 12.3 Å². The maximum atomic E-state index is 12.2.